The van der Waals surface area contributed by atoms with Crippen LogP contribution in [0, 0.1) is 17.3 Å². The highest BCUT2D eigenvalue weighted by Crippen LogP contribution is 2.35. The maximum atomic E-state index is 12.6. The van der Waals surface area contributed by atoms with Crippen LogP contribution >= 0.6 is 0 Å². The van der Waals surface area contributed by atoms with E-state index in [9.17, 15) is 9.59 Å². The Labute approximate surface area is 132 Å². The first-order valence-electron chi connectivity index (χ1n) is 8.11. The van der Waals surface area contributed by atoms with Crippen LogP contribution in [0.4, 0.5) is 0 Å². The number of carbonyl (C=O) groups is 2. The van der Waals surface area contributed by atoms with E-state index < -0.39 is 0 Å². The Bertz CT molecular complexity index is 520. The van der Waals surface area contributed by atoms with Crippen molar-refractivity contribution in [2.45, 2.75) is 53.0 Å². The molecule has 1 aromatic heterocycles. The molecule has 1 saturated carbocycles. The molecule has 1 aliphatic rings. The van der Waals surface area contributed by atoms with Gasteiger partial charge in [-0.05, 0) is 25.0 Å². The molecule has 0 unspecified atom stereocenters. The van der Waals surface area contributed by atoms with E-state index in [1.165, 1.54) is 0 Å². The fourth-order valence-electron chi connectivity index (χ4n) is 3.13. The van der Waals surface area contributed by atoms with Crippen molar-refractivity contribution in [3.63, 3.8) is 0 Å². The molecule has 1 N–H and O–H groups in total. The average molecular weight is 302 g/mol. The fraction of sp³-hybridized carbons (Fsp3) is 0.611. The molecule has 120 valence electrons. The number of hydrogen-bond donors (Lipinski definition) is 1. The highest BCUT2D eigenvalue weighted by molar-refractivity contribution is 5.91. The summed E-state index contributed by atoms with van der Waals surface area (Å²) in [4.78, 5) is 29.3. The molecule has 2 rings (SSSR count). The molecule has 0 bridgehead atoms. The van der Waals surface area contributed by atoms with Gasteiger partial charge in [0.15, 0.2) is 0 Å². The standard InChI is InChI=1S/C18H26N2O2/c1-18(2,3)16(21)14-9-4-5-10-15(14)17(22)20-12-13-8-6-7-11-19-13/h6-8,11,14-15H,4-5,9-10,12H2,1-3H3,(H,20,22)/t14-,15+/m1/s1. The number of nitrogens with zero attached hydrogens (tertiary/aromatic N) is 1. The van der Waals surface area contributed by atoms with Crippen LogP contribution in [0.1, 0.15) is 52.1 Å². The van der Waals surface area contributed by atoms with Gasteiger partial charge in [0.2, 0.25) is 5.91 Å². The van der Waals surface area contributed by atoms with Crippen LogP contribution in [0.15, 0.2) is 24.4 Å². The Morgan fingerprint density at radius 1 is 1.18 bits per heavy atom. The first-order valence-corrected chi connectivity index (χ1v) is 8.11. The lowest BCUT2D eigenvalue weighted by Crippen LogP contribution is -2.42. The number of pyridine rings is 1. The summed E-state index contributed by atoms with van der Waals surface area (Å²) < 4.78 is 0. The van der Waals surface area contributed by atoms with Crippen LogP contribution in [0.3, 0.4) is 0 Å². The van der Waals surface area contributed by atoms with Crippen molar-refractivity contribution in [3.8, 4) is 0 Å². The Morgan fingerprint density at radius 3 is 2.45 bits per heavy atom. The molecule has 0 aromatic carbocycles. The molecule has 22 heavy (non-hydrogen) atoms. The van der Waals surface area contributed by atoms with E-state index in [1.54, 1.807) is 6.20 Å². The van der Waals surface area contributed by atoms with Crippen molar-refractivity contribution in [2.75, 3.05) is 0 Å². The van der Waals surface area contributed by atoms with Crippen molar-refractivity contribution >= 4 is 11.7 Å². The average Bonchev–Trinajstić information content (AvgIpc) is 2.52. The number of ketones is 1. The number of aromatic nitrogens is 1. The first-order chi connectivity index (χ1) is 10.4. The molecule has 0 radical (unpaired) electrons. The zero-order valence-corrected chi connectivity index (χ0v) is 13.8. The van der Waals surface area contributed by atoms with Gasteiger partial charge in [0.25, 0.3) is 0 Å². The van der Waals surface area contributed by atoms with Gasteiger partial charge in [0, 0.05) is 23.4 Å². The second kappa shape index (κ2) is 7.03. The van der Waals surface area contributed by atoms with E-state index in [-0.39, 0.29) is 28.9 Å². The van der Waals surface area contributed by atoms with Gasteiger partial charge in [-0.1, -0.05) is 39.7 Å². The smallest absolute Gasteiger partial charge is 0.224 e. The van der Waals surface area contributed by atoms with Crippen molar-refractivity contribution in [1.29, 1.82) is 0 Å². The third kappa shape index (κ3) is 4.15. The Kier molecular flexibility index (Phi) is 5.33. The Hall–Kier alpha value is -1.71. The lowest BCUT2D eigenvalue weighted by Gasteiger charge is -2.33. The van der Waals surface area contributed by atoms with Crippen LogP contribution in [0.5, 0.6) is 0 Å². The van der Waals surface area contributed by atoms with Gasteiger partial charge in [-0.3, -0.25) is 14.6 Å². The molecule has 4 nitrogen and oxygen atoms in total. The summed E-state index contributed by atoms with van der Waals surface area (Å²) >= 11 is 0. The van der Waals surface area contributed by atoms with Crippen LogP contribution in [-0.2, 0) is 16.1 Å². The number of carbonyl (C=O) groups excluding carboxylic acids is 2. The molecule has 1 heterocycles. The summed E-state index contributed by atoms with van der Waals surface area (Å²) in [5.74, 6) is -0.125. The number of hydrogen-bond acceptors (Lipinski definition) is 3. The summed E-state index contributed by atoms with van der Waals surface area (Å²) in [6, 6.07) is 5.64. The zero-order chi connectivity index (χ0) is 16.2. The van der Waals surface area contributed by atoms with Gasteiger partial charge in [-0.15, -0.1) is 0 Å². The Balaban J connectivity index is 2.01. The van der Waals surface area contributed by atoms with E-state index in [2.05, 4.69) is 10.3 Å². The molecule has 1 amide bonds. The minimum atomic E-state index is -0.387. The third-order valence-corrected chi connectivity index (χ3v) is 4.35. The van der Waals surface area contributed by atoms with E-state index in [0.717, 1.165) is 31.4 Å². The second-order valence-electron chi connectivity index (χ2n) is 7.15. The Morgan fingerprint density at radius 2 is 1.86 bits per heavy atom. The van der Waals surface area contributed by atoms with Crippen LogP contribution in [0.2, 0.25) is 0 Å². The molecule has 2 atom stereocenters. The quantitative estimate of drug-likeness (QED) is 0.929. The van der Waals surface area contributed by atoms with Crippen LogP contribution in [-0.4, -0.2) is 16.7 Å². The number of amides is 1. The summed E-state index contributed by atoms with van der Waals surface area (Å²) in [6.07, 6.45) is 5.42. The van der Waals surface area contributed by atoms with Crippen molar-refractivity contribution in [1.82, 2.24) is 10.3 Å². The lowest BCUT2D eigenvalue weighted by atomic mass is 9.70. The normalized spacial score (nSPS) is 22.1. The van der Waals surface area contributed by atoms with Gasteiger partial charge in [-0.2, -0.15) is 0 Å². The van der Waals surface area contributed by atoms with Crippen molar-refractivity contribution in [3.05, 3.63) is 30.1 Å². The van der Waals surface area contributed by atoms with Crippen molar-refractivity contribution in [2.24, 2.45) is 17.3 Å². The van der Waals surface area contributed by atoms with E-state index in [0.29, 0.717) is 6.54 Å². The largest absolute Gasteiger partial charge is 0.350 e. The zero-order valence-electron chi connectivity index (χ0n) is 13.8. The van der Waals surface area contributed by atoms with Gasteiger partial charge in [0.1, 0.15) is 5.78 Å². The summed E-state index contributed by atoms with van der Waals surface area (Å²) in [5.41, 5.74) is 0.451. The van der Waals surface area contributed by atoms with Gasteiger partial charge in [0.05, 0.1) is 12.2 Å². The maximum absolute atomic E-state index is 12.6. The molecule has 0 aliphatic heterocycles. The summed E-state index contributed by atoms with van der Waals surface area (Å²) in [6.45, 7) is 6.24. The number of rotatable bonds is 4. The van der Waals surface area contributed by atoms with E-state index in [4.69, 9.17) is 0 Å². The molecular formula is C18H26N2O2. The van der Waals surface area contributed by atoms with Crippen molar-refractivity contribution < 1.29 is 9.59 Å². The lowest BCUT2D eigenvalue weighted by molar-refractivity contribution is -0.139. The predicted molar refractivity (Wildman–Crippen MR) is 86.0 cm³/mol. The molecule has 1 aliphatic carbocycles. The molecular weight excluding hydrogens is 276 g/mol. The number of nitrogens with one attached hydrogen (secondary N) is 1. The summed E-state index contributed by atoms with van der Waals surface area (Å²) in [7, 11) is 0. The number of Topliss-reactive ketones (excluding diaryl/α,β-unsaturated/α-hetero) is 1. The minimum absolute atomic E-state index is 0.00652. The van der Waals surface area contributed by atoms with Crippen LogP contribution < -0.4 is 5.32 Å². The highest BCUT2D eigenvalue weighted by Gasteiger charge is 2.39. The second-order valence-corrected chi connectivity index (χ2v) is 7.15. The highest BCUT2D eigenvalue weighted by atomic mass is 16.2. The van der Waals surface area contributed by atoms with Gasteiger partial charge in [-0.25, -0.2) is 0 Å². The molecule has 4 heteroatoms. The molecule has 1 aromatic rings. The topological polar surface area (TPSA) is 59.1 Å². The minimum Gasteiger partial charge on any atom is -0.350 e. The fourth-order valence-corrected chi connectivity index (χ4v) is 3.13. The monoisotopic (exact) mass is 302 g/mol. The summed E-state index contributed by atoms with van der Waals surface area (Å²) in [5, 5.41) is 2.95. The maximum Gasteiger partial charge on any atom is 0.224 e. The van der Waals surface area contributed by atoms with Gasteiger partial charge < -0.3 is 5.32 Å². The first kappa shape index (κ1) is 16.7. The van der Waals surface area contributed by atoms with Gasteiger partial charge >= 0.3 is 0 Å². The van der Waals surface area contributed by atoms with Crippen LogP contribution in [0.25, 0.3) is 0 Å². The van der Waals surface area contributed by atoms with E-state index >= 15 is 0 Å². The molecule has 1 fully saturated rings. The predicted octanol–water partition coefficient (Wildman–Crippen LogP) is 3.12. The molecule has 0 spiro atoms. The third-order valence-electron chi connectivity index (χ3n) is 4.35. The SMILES string of the molecule is CC(C)(C)C(=O)[C@@H]1CCCC[C@@H]1C(=O)NCc1ccccn1. The van der Waals surface area contributed by atoms with E-state index in [1.807, 2.05) is 39.0 Å². The molecule has 0 saturated heterocycles.